The number of ketones is 1. The third kappa shape index (κ3) is 3.59. The second kappa shape index (κ2) is 5.89. The van der Waals surface area contributed by atoms with Gasteiger partial charge in [-0.1, -0.05) is 27.7 Å². The molecule has 0 radical (unpaired) electrons. The standard InChI is InChI=1S/C16H28N2O4/c1-9-10(19)11-12(20)17(8)13(15(2,3)4)18(11)14(21)22-16(5,6)7/h11,13H,9H2,1-8H3/t11-,13-/m0/s1. The molecule has 1 saturated heterocycles. The number of rotatable bonds is 2. The van der Waals surface area contributed by atoms with Gasteiger partial charge in [-0.25, -0.2) is 4.79 Å². The summed E-state index contributed by atoms with van der Waals surface area (Å²) in [6.45, 7) is 12.7. The molecule has 2 atom stereocenters. The van der Waals surface area contributed by atoms with Gasteiger partial charge in [-0.3, -0.25) is 14.5 Å². The lowest BCUT2D eigenvalue weighted by molar-refractivity contribution is -0.134. The van der Waals surface area contributed by atoms with Crippen molar-refractivity contribution in [2.75, 3.05) is 7.05 Å². The van der Waals surface area contributed by atoms with E-state index < -0.39 is 29.3 Å². The van der Waals surface area contributed by atoms with Crippen molar-refractivity contribution in [1.29, 1.82) is 0 Å². The molecule has 0 aromatic carbocycles. The number of carbonyl (C=O) groups excluding carboxylic acids is 3. The Kier molecular flexibility index (Phi) is 4.94. The van der Waals surface area contributed by atoms with Gasteiger partial charge in [-0.05, 0) is 20.8 Å². The third-order valence-corrected chi connectivity index (χ3v) is 3.52. The van der Waals surface area contributed by atoms with E-state index in [0.29, 0.717) is 0 Å². The number of carbonyl (C=O) groups is 3. The monoisotopic (exact) mass is 312 g/mol. The minimum absolute atomic E-state index is 0.195. The van der Waals surface area contributed by atoms with Gasteiger partial charge in [0.15, 0.2) is 11.8 Å². The Labute approximate surface area is 132 Å². The summed E-state index contributed by atoms with van der Waals surface area (Å²) in [6.07, 6.45) is -0.951. The predicted octanol–water partition coefficient (Wildman–Crippen LogP) is 2.42. The van der Waals surface area contributed by atoms with Crippen LogP contribution >= 0.6 is 0 Å². The van der Waals surface area contributed by atoms with E-state index in [2.05, 4.69) is 0 Å². The maximum atomic E-state index is 12.6. The molecule has 0 aromatic rings. The largest absolute Gasteiger partial charge is 0.444 e. The van der Waals surface area contributed by atoms with Crippen molar-refractivity contribution < 1.29 is 19.1 Å². The fourth-order valence-electron chi connectivity index (χ4n) is 2.76. The molecule has 1 aliphatic heterocycles. The van der Waals surface area contributed by atoms with E-state index in [-0.39, 0.29) is 18.1 Å². The van der Waals surface area contributed by atoms with Crippen LogP contribution in [-0.2, 0) is 14.3 Å². The Balaban J connectivity index is 3.30. The van der Waals surface area contributed by atoms with Crippen molar-refractivity contribution in [3.63, 3.8) is 0 Å². The first-order valence-electron chi connectivity index (χ1n) is 7.62. The Hall–Kier alpha value is -1.59. The highest BCUT2D eigenvalue weighted by Gasteiger charge is 2.54. The van der Waals surface area contributed by atoms with E-state index in [0.717, 1.165) is 0 Å². The number of amides is 2. The SMILES string of the molecule is CCC(=O)[C@H]1C(=O)N(C)[C@H](C(C)(C)C)N1C(=O)OC(C)(C)C. The van der Waals surface area contributed by atoms with Gasteiger partial charge >= 0.3 is 6.09 Å². The highest BCUT2D eigenvalue weighted by Crippen LogP contribution is 2.35. The number of likely N-dealkylation sites (N-methyl/N-ethyl adjacent to an activating group) is 1. The Morgan fingerprint density at radius 1 is 1.14 bits per heavy atom. The van der Waals surface area contributed by atoms with Crippen LogP contribution in [-0.4, -0.2) is 52.4 Å². The third-order valence-electron chi connectivity index (χ3n) is 3.52. The number of nitrogens with zero attached hydrogens (tertiary/aromatic N) is 2. The summed E-state index contributed by atoms with van der Waals surface area (Å²) in [5.41, 5.74) is -1.09. The van der Waals surface area contributed by atoms with Crippen LogP contribution < -0.4 is 0 Å². The zero-order valence-electron chi connectivity index (χ0n) is 14.9. The zero-order chi connectivity index (χ0) is 17.5. The molecule has 1 rings (SSSR count). The fourth-order valence-corrected chi connectivity index (χ4v) is 2.76. The van der Waals surface area contributed by atoms with E-state index >= 15 is 0 Å². The second-order valence-electron chi connectivity index (χ2n) is 7.80. The number of hydrogen-bond donors (Lipinski definition) is 0. The van der Waals surface area contributed by atoms with Crippen LogP contribution in [0.15, 0.2) is 0 Å². The van der Waals surface area contributed by atoms with Crippen molar-refractivity contribution in [3.05, 3.63) is 0 Å². The molecule has 1 heterocycles. The highest BCUT2D eigenvalue weighted by molar-refractivity contribution is 6.09. The van der Waals surface area contributed by atoms with Crippen molar-refractivity contribution in [3.8, 4) is 0 Å². The average Bonchev–Trinajstić information content (AvgIpc) is 2.59. The quantitative estimate of drug-likeness (QED) is 0.734. The van der Waals surface area contributed by atoms with Crippen LogP contribution in [0, 0.1) is 5.41 Å². The van der Waals surface area contributed by atoms with Crippen LogP contribution in [0.4, 0.5) is 4.79 Å². The molecule has 126 valence electrons. The van der Waals surface area contributed by atoms with Crippen molar-refractivity contribution in [1.82, 2.24) is 9.80 Å². The molecule has 0 N–H and O–H groups in total. The first-order valence-corrected chi connectivity index (χ1v) is 7.62. The van der Waals surface area contributed by atoms with Crippen LogP contribution in [0.2, 0.25) is 0 Å². The minimum Gasteiger partial charge on any atom is -0.444 e. The first-order chi connectivity index (χ1) is 9.81. The van der Waals surface area contributed by atoms with Crippen molar-refractivity contribution in [2.45, 2.75) is 72.7 Å². The summed E-state index contributed by atoms with van der Waals surface area (Å²) >= 11 is 0. The van der Waals surface area contributed by atoms with Gasteiger partial charge in [-0.2, -0.15) is 0 Å². The van der Waals surface area contributed by atoms with Gasteiger partial charge in [-0.15, -0.1) is 0 Å². The Morgan fingerprint density at radius 2 is 1.64 bits per heavy atom. The van der Waals surface area contributed by atoms with Crippen LogP contribution in [0.5, 0.6) is 0 Å². The molecule has 22 heavy (non-hydrogen) atoms. The smallest absolute Gasteiger partial charge is 0.413 e. The molecule has 6 heteroatoms. The van der Waals surface area contributed by atoms with Crippen LogP contribution in [0.1, 0.15) is 54.9 Å². The minimum atomic E-state index is -1.09. The summed E-state index contributed by atoms with van der Waals surface area (Å²) in [4.78, 5) is 40.1. The summed E-state index contributed by atoms with van der Waals surface area (Å²) in [7, 11) is 1.62. The maximum Gasteiger partial charge on any atom is 0.413 e. The maximum absolute atomic E-state index is 12.6. The molecule has 1 aliphatic rings. The molecule has 0 unspecified atom stereocenters. The second-order valence-corrected chi connectivity index (χ2v) is 7.80. The first kappa shape index (κ1) is 18.5. The molecule has 0 aliphatic carbocycles. The van der Waals surface area contributed by atoms with Gasteiger partial charge in [0.25, 0.3) is 5.91 Å². The zero-order valence-corrected chi connectivity index (χ0v) is 14.9. The molecule has 2 amide bonds. The molecule has 6 nitrogen and oxygen atoms in total. The van der Waals surface area contributed by atoms with Crippen molar-refractivity contribution in [2.24, 2.45) is 5.41 Å². The van der Waals surface area contributed by atoms with Gasteiger partial charge in [0, 0.05) is 18.9 Å². The van der Waals surface area contributed by atoms with Crippen molar-refractivity contribution >= 4 is 17.8 Å². The Morgan fingerprint density at radius 3 is 2.00 bits per heavy atom. The fraction of sp³-hybridized carbons (Fsp3) is 0.812. The summed E-state index contributed by atoms with van der Waals surface area (Å²) in [5.74, 6) is -0.618. The number of hydrogen-bond acceptors (Lipinski definition) is 4. The van der Waals surface area contributed by atoms with E-state index in [4.69, 9.17) is 4.74 Å². The lowest BCUT2D eigenvalue weighted by Gasteiger charge is -2.39. The number of Topliss-reactive ketones (excluding diaryl/α,β-unsaturated/α-hetero) is 1. The molecule has 1 fully saturated rings. The van der Waals surface area contributed by atoms with E-state index in [9.17, 15) is 14.4 Å². The van der Waals surface area contributed by atoms with Crippen LogP contribution in [0.3, 0.4) is 0 Å². The Bertz CT molecular complexity index is 474. The number of ether oxygens (including phenoxy) is 1. The summed E-state index contributed by atoms with van der Waals surface area (Å²) in [5, 5.41) is 0. The predicted molar refractivity (Wildman–Crippen MR) is 83.2 cm³/mol. The molecular formula is C16H28N2O4. The summed E-state index contributed by atoms with van der Waals surface area (Å²) in [6, 6.07) is -1.09. The van der Waals surface area contributed by atoms with Gasteiger partial charge in [0.2, 0.25) is 0 Å². The van der Waals surface area contributed by atoms with Gasteiger partial charge < -0.3 is 9.64 Å². The van der Waals surface area contributed by atoms with E-state index in [1.54, 1.807) is 34.7 Å². The van der Waals surface area contributed by atoms with E-state index in [1.807, 2.05) is 20.8 Å². The normalized spacial score (nSPS) is 23.0. The molecule has 0 bridgehead atoms. The van der Waals surface area contributed by atoms with Crippen LogP contribution in [0.25, 0.3) is 0 Å². The highest BCUT2D eigenvalue weighted by atomic mass is 16.6. The summed E-state index contributed by atoms with van der Waals surface area (Å²) < 4.78 is 5.42. The average molecular weight is 312 g/mol. The van der Waals surface area contributed by atoms with Gasteiger partial charge in [0.1, 0.15) is 11.8 Å². The van der Waals surface area contributed by atoms with Gasteiger partial charge in [0.05, 0.1) is 0 Å². The molecule has 0 saturated carbocycles. The molecular weight excluding hydrogens is 284 g/mol. The lowest BCUT2D eigenvalue weighted by atomic mass is 9.91. The molecule has 0 aromatic heterocycles. The topological polar surface area (TPSA) is 66.9 Å². The lowest BCUT2D eigenvalue weighted by Crippen LogP contribution is -2.53. The van der Waals surface area contributed by atoms with E-state index in [1.165, 1.54) is 9.80 Å². The molecule has 0 spiro atoms.